The zero-order chi connectivity index (χ0) is 16.5. The van der Waals surface area contributed by atoms with E-state index in [1.54, 1.807) is 17.4 Å². The summed E-state index contributed by atoms with van der Waals surface area (Å²) in [4.78, 5) is 3.30. The standard InChI is InChI=1S/C19H14N2O2S/c22-17-9-8-13(10-18(17)23)16-11-24-19(21-16)20-15-7-3-5-12-4-1-2-6-14(12)15/h1-11,22-23H,(H,20,21)/p+1. The molecule has 1 aromatic heterocycles. The molecule has 0 atom stereocenters. The minimum atomic E-state index is -0.129. The predicted molar refractivity (Wildman–Crippen MR) is 96.9 cm³/mol. The van der Waals surface area contributed by atoms with Gasteiger partial charge in [-0.2, -0.15) is 0 Å². The molecule has 118 valence electrons. The Balaban J connectivity index is 1.66. The van der Waals surface area contributed by atoms with Crippen LogP contribution in [-0.4, -0.2) is 10.2 Å². The summed E-state index contributed by atoms with van der Waals surface area (Å²) in [5.74, 6) is -0.251. The first-order valence-electron chi connectivity index (χ1n) is 7.49. The van der Waals surface area contributed by atoms with E-state index >= 15 is 0 Å². The van der Waals surface area contributed by atoms with E-state index < -0.39 is 0 Å². The Bertz CT molecular complexity index is 1020. The van der Waals surface area contributed by atoms with Gasteiger partial charge in [-0.25, -0.2) is 10.3 Å². The van der Waals surface area contributed by atoms with Crippen molar-refractivity contribution >= 4 is 32.9 Å². The molecule has 0 saturated heterocycles. The van der Waals surface area contributed by atoms with Crippen molar-refractivity contribution in [3.05, 3.63) is 66.0 Å². The van der Waals surface area contributed by atoms with E-state index in [9.17, 15) is 10.2 Å². The molecule has 0 saturated carbocycles. The zero-order valence-corrected chi connectivity index (χ0v) is 13.5. The van der Waals surface area contributed by atoms with Gasteiger partial charge in [0, 0.05) is 16.3 Å². The molecule has 24 heavy (non-hydrogen) atoms. The third-order valence-electron chi connectivity index (χ3n) is 3.87. The number of anilines is 2. The summed E-state index contributed by atoms with van der Waals surface area (Å²) in [6.07, 6.45) is 0. The summed E-state index contributed by atoms with van der Waals surface area (Å²) in [5.41, 5.74) is 2.72. The van der Waals surface area contributed by atoms with Crippen LogP contribution in [0.5, 0.6) is 11.5 Å². The van der Waals surface area contributed by atoms with Crippen LogP contribution in [0.15, 0.2) is 66.0 Å². The Labute approximate surface area is 142 Å². The number of benzene rings is 3. The molecule has 0 aliphatic rings. The molecule has 0 amide bonds. The lowest BCUT2D eigenvalue weighted by molar-refractivity contribution is -0.340. The largest absolute Gasteiger partial charge is 0.504 e. The second-order valence-electron chi connectivity index (χ2n) is 5.46. The molecule has 0 spiro atoms. The van der Waals surface area contributed by atoms with Crippen molar-refractivity contribution in [3.8, 4) is 22.8 Å². The van der Waals surface area contributed by atoms with Crippen LogP contribution in [0, 0.1) is 0 Å². The van der Waals surface area contributed by atoms with Crippen LogP contribution in [0.2, 0.25) is 0 Å². The number of thiazole rings is 1. The van der Waals surface area contributed by atoms with E-state index in [4.69, 9.17) is 0 Å². The van der Waals surface area contributed by atoms with E-state index in [1.807, 2.05) is 29.6 Å². The van der Waals surface area contributed by atoms with Gasteiger partial charge in [0.25, 0.3) is 0 Å². The number of nitrogens with one attached hydrogen (secondary N) is 2. The lowest BCUT2D eigenvalue weighted by Gasteiger charge is -2.02. The molecule has 4 N–H and O–H groups in total. The quantitative estimate of drug-likeness (QED) is 0.482. The minimum absolute atomic E-state index is 0.122. The van der Waals surface area contributed by atoms with E-state index in [0.29, 0.717) is 0 Å². The maximum Gasteiger partial charge on any atom is 0.337 e. The number of hydrogen-bond donors (Lipinski definition) is 3. The first kappa shape index (κ1) is 14.5. The van der Waals surface area contributed by atoms with Gasteiger partial charge in [0.2, 0.25) is 0 Å². The van der Waals surface area contributed by atoms with E-state index in [0.717, 1.165) is 27.5 Å². The highest BCUT2D eigenvalue weighted by Gasteiger charge is 2.13. The molecule has 4 aromatic rings. The third kappa shape index (κ3) is 2.66. The fourth-order valence-electron chi connectivity index (χ4n) is 2.65. The summed E-state index contributed by atoms with van der Waals surface area (Å²) in [6.45, 7) is 0. The first-order chi connectivity index (χ1) is 11.7. The molecule has 0 radical (unpaired) electrons. The molecule has 3 aromatic carbocycles. The summed E-state index contributed by atoms with van der Waals surface area (Å²) in [7, 11) is 0. The Morgan fingerprint density at radius 1 is 0.875 bits per heavy atom. The van der Waals surface area contributed by atoms with Crippen molar-refractivity contribution in [2.75, 3.05) is 5.32 Å². The van der Waals surface area contributed by atoms with E-state index in [-0.39, 0.29) is 11.5 Å². The summed E-state index contributed by atoms with van der Waals surface area (Å²) in [5, 5.41) is 27.7. The monoisotopic (exact) mass is 335 g/mol. The fraction of sp³-hybridized carbons (Fsp3) is 0. The number of fused-ring (bicyclic) bond motifs is 1. The van der Waals surface area contributed by atoms with Gasteiger partial charge < -0.3 is 10.2 Å². The van der Waals surface area contributed by atoms with Crippen LogP contribution in [0.3, 0.4) is 0 Å². The Kier molecular flexibility index (Phi) is 3.55. The number of phenolic OH excluding ortho intramolecular Hbond substituents is 2. The molecule has 0 bridgehead atoms. The molecular weight excluding hydrogens is 320 g/mol. The Morgan fingerprint density at radius 2 is 1.71 bits per heavy atom. The van der Waals surface area contributed by atoms with Crippen LogP contribution < -0.4 is 10.3 Å². The van der Waals surface area contributed by atoms with E-state index in [2.05, 4.69) is 28.5 Å². The SMILES string of the molecule is Oc1ccc(-c2csc(Nc3cccc4ccccc34)[nH+]2)cc1O. The fourth-order valence-corrected chi connectivity index (χ4v) is 3.42. The highest BCUT2D eigenvalue weighted by Crippen LogP contribution is 2.31. The maximum absolute atomic E-state index is 9.65. The highest BCUT2D eigenvalue weighted by atomic mass is 32.1. The van der Waals surface area contributed by atoms with Crippen LogP contribution in [0.4, 0.5) is 10.8 Å². The Morgan fingerprint density at radius 3 is 2.58 bits per heavy atom. The lowest BCUT2D eigenvalue weighted by Crippen LogP contribution is -2.07. The van der Waals surface area contributed by atoms with Crippen LogP contribution in [0.25, 0.3) is 22.0 Å². The molecule has 4 nitrogen and oxygen atoms in total. The molecule has 5 heteroatoms. The number of hydrogen-bond acceptors (Lipinski definition) is 4. The third-order valence-corrected chi connectivity index (χ3v) is 4.66. The molecule has 1 heterocycles. The molecule has 0 aliphatic carbocycles. The molecule has 0 unspecified atom stereocenters. The molecule has 0 aliphatic heterocycles. The van der Waals surface area contributed by atoms with Crippen molar-refractivity contribution < 1.29 is 15.2 Å². The zero-order valence-electron chi connectivity index (χ0n) is 12.7. The smallest absolute Gasteiger partial charge is 0.337 e. The van der Waals surface area contributed by atoms with Crippen LogP contribution in [-0.2, 0) is 0 Å². The number of aromatic amines is 1. The van der Waals surface area contributed by atoms with Crippen molar-refractivity contribution in [2.45, 2.75) is 0 Å². The normalized spacial score (nSPS) is 10.8. The average Bonchev–Trinajstić information content (AvgIpc) is 3.06. The lowest BCUT2D eigenvalue weighted by atomic mass is 10.1. The minimum Gasteiger partial charge on any atom is -0.504 e. The van der Waals surface area contributed by atoms with Crippen LogP contribution in [0.1, 0.15) is 0 Å². The van der Waals surface area contributed by atoms with Gasteiger partial charge in [0.15, 0.2) is 11.5 Å². The van der Waals surface area contributed by atoms with Crippen LogP contribution >= 0.6 is 11.3 Å². The maximum atomic E-state index is 9.65. The first-order valence-corrected chi connectivity index (χ1v) is 8.36. The van der Waals surface area contributed by atoms with Gasteiger partial charge in [0.1, 0.15) is 11.4 Å². The van der Waals surface area contributed by atoms with Crippen molar-refractivity contribution in [1.29, 1.82) is 0 Å². The van der Waals surface area contributed by atoms with Gasteiger partial charge >= 0.3 is 5.13 Å². The molecular formula is C19H15N2O2S+. The summed E-state index contributed by atoms with van der Waals surface area (Å²) < 4.78 is 0. The Hall–Kier alpha value is -3.05. The van der Waals surface area contributed by atoms with Crippen molar-refractivity contribution in [2.24, 2.45) is 0 Å². The second kappa shape index (κ2) is 5.86. The number of aromatic nitrogens is 1. The average molecular weight is 335 g/mol. The highest BCUT2D eigenvalue weighted by molar-refractivity contribution is 7.13. The van der Waals surface area contributed by atoms with Gasteiger partial charge in [-0.15, -0.1) is 0 Å². The summed E-state index contributed by atoms with van der Waals surface area (Å²) >= 11 is 1.55. The van der Waals surface area contributed by atoms with Gasteiger partial charge in [-0.05, 0) is 29.7 Å². The van der Waals surface area contributed by atoms with Crippen molar-refractivity contribution in [1.82, 2.24) is 0 Å². The molecule has 4 rings (SSSR count). The van der Waals surface area contributed by atoms with E-state index in [1.165, 1.54) is 17.5 Å². The van der Waals surface area contributed by atoms with Gasteiger partial charge in [-0.1, -0.05) is 47.7 Å². The number of rotatable bonds is 3. The molecule has 0 fully saturated rings. The van der Waals surface area contributed by atoms with Gasteiger partial charge in [0.05, 0.1) is 0 Å². The number of H-pyrrole nitrogens is 1. The summed E-state index contributed by atoms with van der Waals surface area (Å²) in [6, 6.07) is 19.2. The number of phenols is 2. The topological polar surface area (TPSA) is 66.6 Å². The van der Waals surface area contributed by atoms with Gasteiger partial charge in [-0.3, -0.25) is 0 Å². The number of aromatic hydroxyl groups is 2. The second-order valence-corrected chi connectivity index (χ2v) is 6.34. The van der Waals surface area contributed by atoms with Crippen molar-refractivity contribution in [3.63, 3.8) is 0 Å². The predicted octanol–water partition coefficient (Wildman–Crippen LogP) is 4.54.